The summed E-state index contributed by atoms with van der Waals surface area (Å²) in [6.45, 7) is 8.37. The van der Waals surface area contributed by atoms with Crippen LogP contribution in [-0.4, -0.2) is 36.7 Å². The third-order valence-corrected chi connectivity index (χ3v) is 5.73. The number of carbonyl (C=O) groups is 1. The summed E-state index contributed by atoms with van der Waals surface area (Å²) in [5.74, 6) is 1.36. The molecule has 0 aliphatic carbocycles. The number of para-hydroxylation sites is 1. The Balaban J connectivity index is 1.66. The van der Waals surface area contributed by atoms with Crippen molar-refractivity contribution < 1.29 is 14.3 Å². The van der Waals surface area contributed by atoms with Crippen LogP contribution in [0, 0.1) is 5.92 Å². The minimum absolute atomic E-state index is 0.0393. The molecular weight excluding hydrogens is 364 g/mol. The van der Waals surface area contributed by atoms with Gasteiger partial charge in [-0.05, 0) is 55.5 Å². The third kappa shape index (κ3) is 3.97. The molecule has 1 fully saturated rings. The minimum Gasteiger partial charge on any atom is -0.493 e. The van der Waals surface area contributed by atoms with Gasteiger partial charge in [0.05, 0.1) is 18.3 Å². The van der Waals surface area contributed by atoms with Gasteiger partial charge >= 0.3 is 0 Å². The number of hydrogen-bond acceptors (Lipinski definition) is 4. The van der Waals surface area contributed by atoms with E-state index in [1.165, 1.54) is 0 Å². The van der Waals surface area contributed by atoms with Crippen molar-refractivity contribution in [3.05, 3.63) is 59.7 Å². The van der Waals surface area contributed by atoms with Gasteiger partial charge in [0.1, 0.15) is 11.4 Å². The number of anilines is 1. The molecule has 0 aromatic heterocycles. The van der Waals surface area contributed by atoms with E-state index in [2.05, 4.69) is 26.1 Å². The first-order chi connectivity index (χ1) is 14.0. The van der Waals surface area contributed by atoms with E-state index < -0.39 is 5.66 Å². The number of fused-ring (bicyclic) bond motifs is 1. The Hall–Kier alpha value is -2.53. The first kappa shape index (κ1) is 19.8. The highest BCUT2D eigenvalue weighted by Crippen LogP contribution is 2.39. The van der Waals surface area contributed by atoms with Gasteiger partial charge in [-0.2, -0.15) is 0 Å². The fraction of sp³-hybridized carbons (Fsp3) is 0.458. The van der Waals surface area contributed by atoms with Crippen molar-refractivity contribution in [1.82, 2.24) is 4.90 Å². The average Bonchev–Trinajstić information content (AvgIpc) is 3.23. The van der Waals surface area contributed by atoms with Crippen LogP contribution in [0.2, 0.25) is 0 Å². The Bertz CT molecular complexity index is 859. The van der Waals surface area contributed by atoms with Crippen molar-refractivity contribution in [2.75, 3.05) is 25.1 Å². The summed E-state index contributed by atoms with van der Waals surface area (Å²) in [7, 11) is 0. The Morgan fingerprint density at radius 2 is 1.97 bits per heavy atom. The summed E-state index contributed by atoms with van der Waals surface area (Å²) >= 11 is 0. The largest absolute Gasteiger partial charge is 0.493 e. The molecule has 0 saturated carbocycles. The molecule has 2 aliphatic heterocycles. The second kappa shape index (κ2) is 8.07. The van der Waals surface area contributed by atoms with Gasteiger partial charge in [-0.15, -0.1) is 0 Å². The van der Waals surface area contributed by atoms with Gasteiger partial charge in [0.25, 0.3) is 5.91 Å². The lowest BCUT2D eigenvalue weighted by Crippen LogP contribution is -2.57. The molecule has 5 heteroatoms. The topological polar surface area (TPSA) is 50.8 Å². The molecule has 1 N–H and O–H groups in total. The number of nitrogens with one attached hydrogen (secondary N) is 1. The second-order valence-electron chi connectivity index (χ2n) is 8.52. The van der Waals surface area contributed by atoms with Gasteiger partial charge in [0.15, 0.2) is 0 Å². The number of hydrogen-bond donors (Lipinski definition) is 1. The molecule has 0 bridgehead atoms. The lowest BCUT2D eigenvalue weighted by Gasteiger charge is -2.47. The molecule has 5 nitrogen and oxygen atoms in total. The maximum Gasteiger partial charge on any atom is 0.258 e. The second-order valence-corrected chi connectivity index (χ2v) is 8.52. The van der Waals surface area contributed by atoms with E-state index in [-0.39, 0.29) is 12.0 Å². The van der Waals surface area contributed by atoms with Crippen molar-refractivity contribution in [2.24, 2.45) is 5.92 Å². The van der Waals surface area contributed by atoms with Gasteiger partial charge in [0, 0.05) is 18.8 Å². The average molecular weight is 395 g/mol. The normalized spacial score (nSPS) is 23.8. The van der Waals surface area contributed by atoms with Crippen molar-refractivity contribution >= 4 is 11.6 Å². The van der Waals surface area contributed by atoms with Crippen LogP contribution in [-0.2, 0) is 10.4 Å². The summed E-state index contributed by atoms with van der Waals surface area (Å²) in [4.78, 5) is 15.4. The third-order valence-electron chi connectivity index (χ3n) is 5.73. The number of carbonyl (C=O) groups excluding carboxylic acids is 1. The van der Waals surface area contributed by atoms with E-state index in [1.807, 2.05) is 53.4 Å². The van der Waals surface area contributed by atoms with Crippen LogP contribution in [0.5, 0.6) is 5.75 Å². The Kier molecular flexibility index (Phi) is 5.50. The molecule has 0 spiro atoms. The molecule has 4 rings (SSSR count). The first-order valence-corrected chi connectivity index (χ1v) is 10.5. The maximum atomic E-state index is 13.4. The van der Waals surface area contributed by atoms with Crippen LogP contribution in [0.4, 0.5) is 5.69 Å². The highest BCUT2D eigenvalue weighted by molar-refractivity contribution is 6.02. The van der Waals surface area contributed by atoms with Gasteiger partial charge in [0.2, 0.25) is 0 Å². The molecule has 2 aromatic carbocycles. The van der Waals surface area contributed by atoms with Crippen molar-refractivity contribution in [1.29, 1.82) is 0 Å². The van der Waals surface area contributed by atoms with E-state index in [1.54, 1.807) is 0 Å². The van der Waals surface area contributed by atoms with Crippen molar-refractivity contribution in [3.63, 3.8) is 0 Å². The quantitative estimate of drug-likeness (QED) is 0.775. The van der Waals surface area contributed by atoms with Gasteiger partial charge < -0.3 is 19.7 Å². The highest BCUT2D eigenvalue weighted by Gasteiger charge is 2.43. The van der Waals surface area contributed by atoms with Crippen molar-refractivity contribution in [2.45, 2.75) is 45.4 Å². The Labute approximate surface area is 173 Å². The van der Waals surface area contributed by atoms with E-state index >= 15 is 0 Å². The predicted molar refractivity (Wildman–Crippen MR) is 114 cm³/mol. The van der Waals surface area contributed by atoms with Crippen LogP contribution in [0.3, 0.4) is 0 Å². The lowest BCUT2D eigenvalue weighted by molar-refractivity contribution is 0.0242. The minimum atomic E-state index is -0.659. The zero-order chi connectivity index (χ0) is 20.4. The molecule has 2 aromatic rings. The fourth-order valence-corrected chi connectivity index (χ4v) is 4.08. The SMILES string of the molecule is CC(C)COc1ccc(C2(C)Nc3ccccc3C(=O)N2CC2CCCO2)cc1. The summed E-state index contributed by atoms with van der Waals surface area (Å²) in [5, 5.41) is 3.62. The standard InChI is InChI=1S/C24H30N2O3/c1-17(2)16-29-19-12-10-18(11-13-19)24(3)25-22-9-5-4-8-21(22)23(27)26(24)15-20-7-6-14-28-20/h4-5,8-13,17,20,25H,6-7,14-16H2,1-3H3. The van der Waals surface area contributed by atoms with E-state index in [9.17, 15) is 4.79 Å². The molecule has 1 saturated heterocycles. The molecule has 29 heavy (non-hydrogen) atoms. The molecule has 1 amide bonds. The van der Waals surface area contributed by atoms with Gasteiger partial charge in [-0.3, -0.25) is 4.79 Å². The summed E-state index contributed by atoms with van der Waals surface area (Å²) in [5.41, 5.74) is 1.94. The summed E-state index contributed by atoms with van der Waals surface area (Å²) in [6.07, 6.45) is 2.12. The monoisotopic (exact) mass is 394 g/mol. The zero-order valence-electron chi connectivity index (χ0n) is 17.5. The molecular formula is C24H30N2O3. The Morgan fingerprint density at radius 3 is 2.66 bits per heavy atom. The maximum absolute atomic E-state index is 13.4. The number of rotatable bonds is 6. The van der Waals surface area contributed by atoms with Gasteiger partial charge in [-0.1, -0.05) is 38.1 Å². The Morgan fingerprint density at radius 1 is 1.21 bits per heavy atom. The molecule has 154 valence electrons. The molecule has 0 radical (unpaired) electrons. The summed E-state index contributed by atoms with van der Waals surface area (Å²) in [6, 6.07) is 15.8. The first-order valence-electron chi connectivity index (χ1n) is 10.5. The molecule has 2 heterocycles. The van der Waals surface area contributed by atoms with Crippen LogP contribution in [0.1, 0.15) is 49.5 Å². The summed E-state index contributed by atoms with van der Waals surface area (Å²) < 4.78 is 11.7. The van der Waals surface area contributed by atoms with Crippen LogP contribution >= 0.6 is 0 Å². The predicted octanol–water partition coefficient (Wildman–Crippen LogP) is 4.64. The fourth-order valence-electron chi connectivity index (χ4n) is 4.08. The van der Waals surface area contributed by atoms with E-state index in [4.69, 9.17) is 9.47 Å². The number of amides is 1. The molecule has 2 aliphatic rings. The molecule has 2 unspecified atom stereocenters. The number of benzene rings is 2. The number of nitrogens with zero attached hydrogens (tertiary/aromatic N) is 1. The van der Waals surface area contributed by atoms with E-state index in [0.29, 0.717) is 24.6 Å². The van der Waals surface area contributed by atoms with Crippen LogP contribution in [0.25, 0.3) is 0 Å². The van der Waals surface area contributed by atoms with Gasteiger partial charge in [-0.25, -0.2) is 0 Å². The van der Waals surface area contributed by atoms with Crippen LogP contribution in [0.15, 0.2) is 48.5 Å². The molecule has 2 atom stereocenters. The van der Waals surface area contributed by atoms with Crippen LogP contribution < -0.4 is 10.1 Å². The zero-order valence-corrected chi connectivity index (χ0v) is 17.5. The van der Waals surface area contributed by atoms with E-state index in [0.717, 1.165) is 36.4 Å². The highest BCUT2D eigenvalue weighted by atomic mass is 16.5. The number of ether oxygens (including phenoxy) is 2. The lowest BCUT2D eigenvalue weighted by atomic mass is 9.93. The van der Waals surface area contributed by atoms with Crippen molar-refractivity contribution in [3.8, 4) is 5.75 Å². The smallest absolute Gasteiger partial charge is 0.258 e.